The molecule has 0 bridgehead atoms. The van der Waals surface area contributed by atoms with Crippen molar-refractivity contribution in [1.82, 2.24) is 10.3 Å². The standard InChI is InChI=1S/C12H13BrN4O/c1-2-5-15-12(18)9(6-14)7-16-11-4-3-10(13)8-17-11/h3-4,7-8H,2,5H2,1H3,(H,15,18)(H,16,17)/b9-7-. The van der Waals surface area contributed by atoms with Gasteiger partial charge in [-0.2, -0.15) is 5.26 Å². The minimum Gasteiger partial charge on any atom is -0.351 e. The molecule has 5 nitrogen and oxygen atoms in total. The Morgan fingerprint density at radius 2 is 2.39 bits per heavy atom. The monoisotopic (exact) mass is 308 g/mol. The van der Waals surface area contributed by atoms with Crippen LogP contribution in [0.2, 0.25) is 0 Å². The first-order valence-corrected chi connectivity index (χ1v) is 6.23. The Morgan fingerprint density at radius 1 is 1.61 bits per heavy atom. The van der Waals surface area contributed by atoms with Gasteiger partial charge in [0.1, 0.15) is 17.5 Å². The quantitative estimate of drug-likeness (QED) is 0.645. The molecule has 1 aromatic rings. The maximum absolute atomic E-state index is 11.5. The van der Waals surface area contributed by atoms with Gasteiger partial charge < -0.3 is 10.6 Å². The number of pyridine rings is 1. The lowest BCUT2D eigenvalue weighted by Gasteiger charge is -2.03. The van der Waals surface area contributed by atoms with Crippen molar-refractivity contribution in [3.63, 3.8) is 0 Å². The summed E-state index contributed by atoms with van der Waals surface area (Å²) in [5, 5.41) is 14.3. The van der Waals surface area contributed by atoms with Gasteiger partial charge in [0.15, 0.2) is 0 Å². The zero-order chi connectivity index (χ0) is 13.4. The number of aromatic nitrogens is 1. The second-order valence-electron chi connectivity index (χ2n) is 3.43. The first-order chi connectivity index (χ1) is 8.67. The summed E-state index contributed by atoms with van der Waals surface area (Å²) in [6.45, 7) is 2.49. The van der Waals surface area contributed by atoms with E-state index in [-0.39, 0.29) is 11.5 Å². The summed E-state index contributed by atoms with van der Waals surface area (Å²) in [5.74, 6) is 0.179. The minimum atomic E-state index is -0.385. The molecule has 1 aromatic heterocycles. The van der Waals surface area contributed by atoms with Crippen molar-refractivity contribution in [2.75, 3.05) is 11.9 Å². The van der Waals surface area contributed by atoms with Crippen molar-refractivity contribution in [1.29, 1.82) is 5.26 Å². The van der Waals surface area contributed by atoms with E-state index in [1.807, 2.05) is 19.1 Å². The number of nitriles is 1. The molecule has 94 valence electrons. The third kappa shape index (κ3) is 4.55. The van der Waals surface area contributed by atoms with Crippen LogP contribution in [-0.2, 0) is 4.79 Å². The number of rotatable bonds is 5. The molecule has 0 aliphatic heterocycles. The zero-order valence-electron chi connectivity index (χ0n) is 9.90. The Hall–Kier alpha value is -1.87. The lowest BCUT2D eigenvalue weighted by Crippen LogP contribution is -2.25. The van der Waals surface area contributed by atoms with Crippen LogP contribution in [0.25, 0.3) is 0 Å². The second kappa shape index (κ2) is 7.45. The van der Waals surface area contributed by atoms with Crippen LogP contribution >= 0.6 is 15.9 Å². The Balaban J connectivity index is 2.66. The molecule has 0 saturated carbocycles. The molecule has 1 heterocycles. The van der Waals surface area contributed by atoms with E-state index in [1.54, 1.807) is 12.3 Å². The number of amides is 1. The molecule has 18 heavy (non-hydrogen) atoms. The van der Waals surface area contributed by atoms with Crippen molar-refractivity contribution in [3.05, 3.63) is 34.6 Å². The molecule has 0 atom stereocenters. The Kier molecular flexibility index (Phi) is 5.88. The van der Waals surface area contributed by atoms with Gasteiger partial charge in [-0.1, -0.05) is 6.92 Å². The third-order valence-electron chi connectivity index (χ3n) is 1.99. The van der Waals surface area contributed by atoms with Crippen LogP contribution in [-0.4, -0.2) is 17.4 Å². The number of nitrogens with one attached hydrogen (secondary N) is 2. The normalized spacial score (nSPS) is 10.6. The van der Waals surface area contributed by atoms with Crippen LogP contribution in [0.15, 0.2) is 34.6 Å². The van der Waals surface area contributed by atoms with Crippen LogP contribution in [0.4, 0.5) is 5.82 Å². The van der Waals surface area contributed by atoms with E-state index >= 15 is 0 Å². The zero-order valence-corrected chi connectivity index (χ0v) is 11.5. The van der Waals surface area contributed by atoms with Crippen molar-refractivity contribution in [2.45, 2.75) is 13.3 Å². The molecule has 0 fully saturated rings. The molecule has 2 N–H and O–H groups in total. The Morgan fingerprint density at radius 3 is 2.94 bits per heavy atom. The van der Waals surface area contributed by atoms with Gasteiger partial charge in [-0.05, 0) is 34.5 Å². The average Bonchev–Trinajstić information content (AvgIpc) is 2.39. The highest BCUT2D eigenvalue weighted by atomic mass is 79.9. The van der Waals surface area contributed by atoms with Crippen molar-refractivity contribution in [2.24, 2.45) is 0 Å². The van der Waals surface area contributed by atoms with Crippen molar-refractivity contribution < 1.29 is 4.79 Å². The van der Waals surface area contributed by atoms with E-state index in [9.17, 15) is 4.79 Å². The third-order valence-corrected chi connectivity index (χ3v) is 2.46. The molecule has 0 saturated heterocycles. The van der Waals surface area contributed by atoms with Crippen LogP contribution < -0.4 is 10.6 Å². The van der Waals surface area contributed by atoms with Crippen molar-refractivity contribution >= 4 is 27.7 Å². The summed E-state index contributed by atoms with van der Waals surface area (Å²) in [6.07, 6.45) is 3.80. The van der Waals surface area contributed by atoms with Gasteiger partial charge in [-0.15, -0.1) is 0 Å². The molecule has 0 aliphatic rings. The van der Waals surface area contributed by atoms with E-state index in [2.05, 4.69) is 31.5 Å². The number of anilines is 1. The molecule has 0 aliphatic carbocycles. The van der Waals surface area contributed by atoms with Gasteiger partial charge in [-0.3, -0.25) is 4.79 Å². The van der Waals surface area contributed by atoms with Gasteiger partial charge in [0, 0.05) is 23.4 Å². The largest absolute Gasteiger partial charge is 0.351 e. The number of nitrogens with zero attached hydrogens (tertiary/aromatic N) is 2. The highest BCUT2D eigenvalue weighted by Crippen LogP contribution is 2.10. The van der Waals surface area contributed by atoms with E-state index in [4.69, 9.17) is 5.26 Å². The summed E-state index contributed by atoms with van der Waals surface area (Å²) in [6, 6.07) is 5.39. The van der Waals surface area contributed by atoms with Crippen LogP contribution in [0.5, 0.6) is 0 Å². The first kappa shape index (κ1) is 14.2. The smallest absolute Gasteiger partial charge is 0.263 e. The number of carbonyl (C=O) groups is 1. The van der Waals surface area contributed by atoms with Gasteiger partial charge >= 0.3 is 0 Å². The Labute approximate surface area is 114 Å². The van der Waals surface area contributed by atoms with Crippen LogP contribution in [0, 0.1) is 11.3 Å². The summed E-state index contributed by atoms with van der Waals surface area (Å²) >= 11 is 3.27. The van der Waals surface area contributed by atoms with E-state index in [0.29, 0.717) is 12.4 Å². The first-order valence-electron chi connectivity index (χ1n) is 5.44. The molecule has 0 unspecified atom stereocenters. The molecule has 0 aromatic carbocycles. The fraction of sp³-hybridized carbons (Fsp3) is 0.250. The van der Waals surface area contributed by atoms with Gasteiger partial charge in [0.05, 0.1) is 0 Å². The van der Waals surface area contributed by atoms with E-state index in [0.717, 1.165) is 10.9 Å². The predicted molar refractivity (Wildman–Crippen MR) is 72.6 cm³/mol. The van der Waals surface area contributed by atoms with E-state index < -0.39 is 0 Å². The lowest BCUT2D eigenvalue weighted by atomic mass is 10.3. The molecule has 0 radical (unpaired) electrons. The SMILES string of the molecule is CCCNC(=O)/C(C#N)=C\Nc1ccc(Br)cn1. The highest BCUT2D eigenvalue weighted by molar-refractivity contribution is 9.10. The summed E-state index contributed by atoms with van der Waals surface area (Å²) in [5.41, 5.74) is 0.0215. The maximum atomic E-state index is 11.5. The summed E-state index contributed by atoms with van der Waals surface area (Å²) < 4.78 is 0.859. The van der Waals surface area contributed by atoms with Gasteiger partial charge in [-0.25, -0.2) is 4.98 Å². The summed E-state index contributed by atoms with van der Waals surface area (Å²) in [7, 11) is 0. The molecule has 0 spiro atoms. The van der Waals surface area contributed by atoms with Gasteiger partial charge in [0.25, 0.3) is 5.91 Å². The molecule has 1 amide bonds. The van der Waals surface area contributed by atoms with Crippen LogP contribution in [0.1, 0.15) is 13.3 Å². The van der Waals surface area contributed by atoms with Crippen LogP contribution in [0.3, 0.4) is 0 Å². The number of halogens is 1. The Bertz CT molecular complexity index is 476. The molecule has 1 rings (SSSR count). The fourth-order valence-corrected chi connectivity index (χ4v) is 1.32. The summed E-state index contributed by atoms with van der Waals surface area (Å²) in [4.78, 5) is 15.6. The number of hydrogen-bond donors (Lipinski definition) is 2. The second-order valence-corrected chi connectivity index (χ2v) is 4.35. The maximum Gasteiger partial charge on any atom is 0.263 e. The van der Waals surface area contributed by atoms with Crippen molar-refractivity contribution in [3.8, 4) is 6.07 Å². The fourth-order valence-electron chi connectivity index (χ4n) is 1.09. The van der Waals surface area contributed by atoms with E-state index in [1.165, 1.54) is 6.20 Å². The minimum absolute atomic E-state index is 0.0215. The number of carbonyl (C=O) groups excluding carboxylic acids is 1. The molecular formula is C12H13BrN4O. The number of hydrogen-bond acceptors (Lipinski definition) is 4. The molecular weight excluding hydrogens is 296 g/mol. The topological polar surface area (TPSA) is 77.8 Å². The molecule has 6 heteroatoms. The average molecular weight is 309 g/mol. The predicted octanol–water partition coefficient (Wildman–Crippen LogP) is 2.19. The highest BCUT2D eigenvalue weighted by Gasteiger charge is 2.07. The lowest BCUT2D eigenvalue weighted by molar-refractivity contribution is -0.117. The van der Waals surface area contributed by atoms with Gasteiger partial charge in [0.2, 0.25) is 0 Å².